The standard InChI is InChI=1S/C19H20Cl2N7O8P/c1-9(18(30)33-2)26-37(32,36-10-3-4-11(20)12(21)7-10)34-8-13-16(29)15(25-27-23)17(35-13)28-6-5-14(22)24-19(28)31/h3-7,9,13,16,29H,8H2,1-2H3,(H,26,32)(H2,22,24,31)/t9-,13+,16+,37?/m0/s1. The van der Waals surface area contributed by atoms with Crippen LogP contribution in [0.4, 0.5) is 5.82 Å². The van der Waals surface area contributed by atoms with Gasteiger partial charge < -0.3 is 24.8 Å². The van der Waals surface area contributed by atoms with E-state index in [9.17, 15) is 19.3 Å². The Morgan fingerprint density at radius 2 is 2.16 bits per heavy atom. The van der Waals surface area contributed by atoms with E-state index < -0.39 is 44.3 Å². The van der Waals surface area contributed by atoms with Crippen molar-refractivity contribution in [3.05, 3.63) is 67.1 Å². The molecule has 2 heterocycles. The Morgan fingerprint density at radius 1 is 1.43 bits per heavy atom. The number of rotatable bonds is 10. The van der Waals surface area contributed by atoms with Crippen molar-refractivity contribution in [1.29, 1.82) is 0 Å². The number of azide groups is 1. The van der Waals surface area contributed by atoms with Gasteiger partial charge in [0.25, 0.3) is 0 Å². The number of nitrogens with zero attached hydrogens (tertiary/aromatic N) is 5. The summed E-state index contributed by atoms with van der Waals surface area (Å²) in [5.41, 5.74) is 13.2. The first-order valence-corrected chi connectivity index (χ1v) is 12.5. The van der Waals surface area contributed by atoms with E-state index in [1.807, 2.05) is 0 Å². The van der Waals surface area contributed by atoms with E-state index in [0.29, 0.717) is 0 Å². The van der Waals surface area contributed by atoms with Crippen LogP contribution in [0.3, 0.4) is 0 Å². The summed E-state index contributed by atoms with van der Waals surface area (Å²) in [6.07, 6.45) is -1.76. The molecule has 2 aromatic rings. The van der Waals surface area contributed by atoms with Gasteiger partial charge in [0.1, 0.15) is 29.4 Å². The van der Waals surface area contributed by atoms with E-state index in [0.717, 1.165) is 11.7 Å². The zero-order valence-corrected chi connectivity index (χ0v) is 21.6. The van der Waals surface area contributed by atoms with Crippen LogP contribution in [0, 0.1) is 0 Å². The molecule has 0 saturated heterocycles. The summed E-state index contributed by atoms with van der Waals surface area (Å²) in [6, 6.07) is 4.14. The van der Waals surface area contributed by atoms with Gasteiger partial charge in [0.2, 0.25) is 5.88 Å². The molecular weight excluding hydrogens is 556 g/mol. The number of ether oxygens (including phenoxy) is 2. The molecule has 1 aliphatic rings. The molecule has 198 valence electrons. The Kier molecular flexibility index (Phi) is 9.05. The second-order valence-corrected chi connectivity index (χ2v) is 9.83. The third-order valence-corrected chi connectivity index (χ3v) is 7.13. The molecule has 15 nitrogen and oxygen atoms in total. The first kappa shape index (κ1) is 28.3. The molecule has 1 aliphatic heterocycles. The fraction of sp³-hybridized carbons (Fsp3) is 0.316. The summed E-state index contributed by atoms with van der Waals surface area (Å²) in [5.74, 6) is -1.21. The van der Waals surface area contributed by atoms with E-state index >= 15 is 0 Å². The summed E-state index contributed by atoms with van der Waals surface area (Å²) in [7, 11) is -3.25. The van der Waals surface area contributed by atoms with Crippen molar-refractivity contribution in [2.24, 2.45) is 5.11 Å². The van der Waals surface area contributed by atoms with Crippen LogP contribution in [-0.4, -0.2) is 52.6 Å². The lowest BCUT2D eigenvalue weighted by molar-refractivity contribution is -0.142. The molecule has 18 heteroatoms. The number of aromatic nitrogens is 2. The van der Waals surface area contributed by atoms with Crippen LogP contribution in [0.25, 0.3) is 16.3 Å². The maximum absolute atomic E-state index is 13.6. The summed E-state index contributed by atoms with van der Waals surface area (Å²) in [4.78, 5) is 30.3. The van der Waals surface area contributed by atoms with Crippen molar-refractivity contribution < 1.29 is 33.0 Å². The van der Waals surface area contributed by atoms with Crippen molar-refractivity contribution >= 4 is 48.6 Å². The minimum atomic E-state index is -4.38. The predicted octanol–water partition coefficient (Wildman–Crippen LogP) is 2.68. The smallest absolute Gasteiger partial charge is 0.459 e. The quantitative estimate of drug-likeness (QED) is 0.123. The van der Waals surface area contributed by atoms with E-state index in [2.05, 4.69) is 24.8 Å². The van der Waals surface area contributed by atoms with E-state index in [1.165, 1.54) is 37.4 Å². The third-order valence-electron chi connectivity index (χ3n) is 4.74. The van der Waals surface area contributed by atoms with Gasteiger partial charge in [-0.25, -0.2) is 13.9 Å². The van der Waals surface area contributed by atoms with Gasteiger partial charge in [0, 0.05) is 17.2 Å². The largest absolute Gasteiger partial charge is 0.469 e. The highest BCUT2D eigenvalue weighted by molar-refractivity contribution is 7.52. The van der Waals surface area contributed by atoms with Crippen molar-refractivity contribution in [2.45, 2.75) is 25.2 Å². The van der Waals surface area contributed by atoms with Crippen LogP contribution >= 0.6 is 30.9 Å². The molecule has 0 saturated carbocycles. The molecule has 0 spiro atoms. The van der Waals surface area contributed by atoms with Gasteiger partial charge in [0.15, 0.2) is 6.10 Å². The van der Waals surface area contributed by atoms with E-state index in [-0.39, 0.29) is 33.2 Å². The molecule has 1 unspecified atom stereocenters. The zero-order chi connectivity index (χ0) is 27.3. The molecule has 0 amide bonds. The number of nitrogen functional groups attached to an aromatic ring is 1. The van der Waals surface area contributed by atoms with E-state index in [4.69, 9.17) is 48.3 Å². The number of methoxy groups -OCH3 is 1. The predicted molar refractivity (Wildman–Crippen MR) is 131 cm³/mol. The van der Waals surface area contributed by atoms with Gasteiger partial charge in [-0.3, -0.25) is 9.32 Å². The highest BCUT2D eigenvalue weighted by Gasteiger charge is 2.40. The number of hydrogen-bond acceptors (Lipinski definition) is 11. The first-order chi connectivity index (χ1) is 17.5. The number of carbonyl (C=O) groups is 1. The lowest BCUT2D eigenvalue weighted by Gasteiger charge is -2.24. The van der Waals surface area contributed by atoms with Gasteiger partial charge in [-0.1, -0.05) is 28.3 Å². The Bertz CT molecular complexity index is 1380. The Morgan fingerprint density at radius 3 is 2.78 bits per heavy atom. The molecule has 0 radical (unpaired) electrons. The average molecular weight is 576 g/mol. The number of nitrogens with two attached hydrogens (primary N) is 1. The third kappa shape index (κ3) is 6.73. The van der Waals surface area contributed by atoms with Crippen molar-refractivity contribution in [2.75, 3.05) is 19.5 Å². The van der Waals surface area contributed by atoms with Gasteiger partial charge in [-0.15, -0.1) is 0 Å². The maximum Gasteiger partial charge on any atom is 0.459 e. The first-order valence-electron chi connectivity index (χ1n) is 10.2. The summed E-state index contributed by atoms with van der Waals surface area (Å²) < 4.78 is 35.6. The van der Waals surface area contributed by atoms with Crippen LogP contribution in [0.1, 0.15) is 6.92 Å². The number of nitrogens with one attached hydrogen (secondary N) is 1. The minimum absolute atomic E-state index is 0.0247. The van der Waals surface area contributed by atoms with E-state index in [1.54, 1.807) is 0 Å². The van der Waals surface area contributed by atoms with Crippen LogP contribution < -0.4 is 21.0 Å². The van der Waals surface area contributed by atoms with Crippen molar-refractivity contribution in [1.82, 2.24) is 14.6 Å². The molecule has 0 bridgehead atoms. The topological polar surface area (TPSA) is 213 Å². The molecule has 0 fully saturated rings. The van der Waals surface area contributed by atoms with Crippen LogP contribution in [0.15, 0.2) is 46.1 Å². The van der Waals surface area contributed by atoms with Gasteiger partial charge in [-0.2, -0.15) is 10.1 Å². The summed E-state index contributed by atoms with van der Waals surface area (Å²) in [5, 5.41) is 16.8. The fourth-order valence-electron chi connectivity index (χ4n) is 3.00. The second-order valence-electron chi connectivity index (χ2n) is 7.32. The lowest BCUT2D eigenvalue weighted by Crippen LogP contribution is -2.36. The number of carbonyl (C=O) groups excluding carboxylic acids is 1. The molecule has 3 rings (SSSR count). The SMILES string of the molecule is COC(=O)[C@H](C)NP(=O)(OC[C@H]1OC(n2ccc(N)nc2=O)=C(N=[N+]=[N-])[C@@H]1O)Oc1ccc(Cl)c(Cl)c1. The van der Waals surface area contributed by atoms with Crippen molar-refractivity contribution in [3.63, 3.8) is 0 Å². The molecule has 4 atom stereocenters. The fourth-order valence-corrected chi connectivity index (χ4v) is 4.78. The normalized spacial score (nSPS) is 19.4. The number of benzene rings is 1. The van der Waals surface area contributed by atoms with Crippen molar-refractivity contribution in [3.8, 4) is 5.75 Å². The Labute approximate surface area is 218 Å². The highest BCUT2D eigenvalue weighted by atomic mass is 35.5. The number of aliphatic hydroxyl groups is 1. The van der Waals surface area contributed by atoms with Crippen LogP contribution in [-0.2, 0) is 23.4 Å². The lowest BCUT2D eigenvalue weighted by atomic mass is 10.2. The van der Waals surface area contributed by atoms with Gasteiger partial charge >= 0.3 is 19.4 Å². The molecule has 0 aliphatic carbocycles. The second kappa shape index (κ2) is 11.8. The number of aliphatic hydroxyl groups excluding tert-OH is 1. The molecular formula is C19H20Cl2N7O8P. The average Bonchev–Trinajstić information content (AvgIpc) is 3.15. The number of hydrogen-bond donors (Lipinski definition) is 3. The molecule has 4 N–H and O–H groups in total. The highest BCUT2D eigenvalue weighted by Crippen LogP contribution is 2.46. The number of esters is 1. The molecule has 1 aromatic carbocycles. The minimum Gasteiger partial charge on any atom is -0.469 e. The summed E-state index contributed by atoms with van der Waals surface area (Å²) in [6.45, 7) is 0.715. The van der Waals surface area contributed by atoms with Crippen LogP contribution in [0.5, 0.6) is 5.75 Å². The number of halogens is 2. The molecule has 37 heavy (non-hydrogen) atoms. The Hall–Kier alpha value is -3.29. The zero-order valence-electron chi connectivity index (χ0n) is 19.1. The molecule has 1 aromatic heterocycles. The van der Waals surface area contributed by atoms with Gasteiger partial charge in [0.05, 0.1) is 23.8 Å². The van der Waals surface area contributed by atoms with Crippen LogP contribution in [0.2, 0.25) is 10.0 Å². The number of anilines is 1. The summed E-state index contributed by atoms with van der Waals surface area (Å²) >= 11 is 11.9. The monoisotopic (exact) mass is 575 g/mol. The Balaban J connectivity index is 1.86. The van der Waals surface area contributed by atoms with Gasteiger partial charge in [-0.05, 0) is 30.7 Å². The maximum atomic E-state index is 13.6.